The molecule has 76 valence electrons. The number of hydrogen-bond acceptors (Lipinski definition) is 3. The van der Waals surface area contributed by atoms with Gasteiger partial charge >= 0.3 is 5.97 Å². The van der Waals surface area contributed by atoms with Crippen LogP contribution in [0.4, 0.5) is 4.39 Å². The van der Waals surface area contributed by atoms with Crippen LogP contribution in [-0.2, 0) is 6.67 Å². The molecule has 0 amide bonds. The van der Waals surface area contributed by atoms with Gasteiger partial charge in [-0.1, -0.05) is 12.1 Å². The van der Waals surface area contributed by atoms with Gasteiger partial charge < -0.3 is 5.11 Å². The van der Waals surface area contributed by atoms with Crippen molar-refractivity contribution < 1.29 is 14.3 Å². The maximum Gasteiger partial charge on any atom is 0.356 e. The molecular formula is C10H7FN2O2. The Morgan fingerprint density at radius 2 is 1.87 bits per heavy atom. The largest absolute Gasteiger partial charge is 0.476 e. The van der Waals surface area contributed by atoms with Crippen molar-refractivity contribution in [1.82, 2.24) is 9.97 Å². The fourth-order valence-corrected chi connectivity index (χ4v) is 1.30. The molecule has 0 radical (unpaired) electrons. The van der Waals surface area contributed by atoms with Crippen molar-refractivity contribution in [1.29, 1.82) is 0 Å². The summed E-state index contributed by atoms with van der Waals surface area (Å²) < 4.78 is 12.5. The maximum atomic E-state index is 12.5. The van der Waals surface area contributed by atoms with Gasteiger partial charge in [0.1, 0.15) is 12.4 Å². The number of rotatable bonds is 2. The quantitative estimate of drug-likeness (QED) is 0.813. The van der Waals surface area contributed by atoms with Gasteiger partial charge in [-0.15, -0.1) is 0 Å². The zero-order valence-corrected chi connectivity index (χ0v) is 7.64. The minimum absolute atomic E-state index is 0.138. The Labute approximate surface area is 84.4 Å². The van der Waals surface area contributed by atoms with Crippen LogP contribution >= 0.6 is 0 Å². The van der Waals surface area contributed by atoms with Crippen LogP contribution in [0, 0.1) is 0 Å². The Balaban J connectivity index is 2.74. The van der Waals surface area contributed by atoms with Gasteiger partial charge in [-0.05, 0) is 12.1 Å². The first-order valence-corrected chi connectivity index (χ1v) is 4.27. The Bertz CT molecular complexity index is 528. The molecule has 2 aromatic rings. The zero-order valence-electron chi connectivity index (χ0n) is 7.64. The summed E-state index contributed by atoms with van der Waals surface area (Å²) in [5, 5.41) is 8.79. The lowest BCUT2D eigenvalue weighted by molar-refractivity contribution is 0.0688. The van der Waals surface area contributed by atoms with E-state index in [0.29, 0.717) is 11.0 Å². The van der Waals surface area contributed by atoms with Gasteiger partial charge in [-0.2, -0.15) is 0 Å². The van der Waals surface area contributed by atoms with Crippen LogP contribution in [-0.4, -0.2) is 21.0 Å². The Morgan fingerprint density at radius 1 is 1.27 bits per heavy atom. The number of aromatic carboxylic acids is 1. The van der Waals surface area contributed by atoms with Crippen molar-refractivity contribution in [3.8, 4) is 0 Å². The van der Waals surface area contributed by atoms with E-state index >= 15 is 0 Å². The normalized spacial score (nSPS) is 10.5. The monoisotopic (exact) mass is 206 g/mol. The summed E-state index contributed by atoms with van der Waals surface area (Å²) in [6.07, 6.45) is 0. The minimum Gasteiger partial charge on any atom is -0.476 e. The van der Waals surface area contributed by atoms with Gasteiger partial charge in [0, 0.05) is 0 Å². The number of halogens is 1. The number of benzene rings is 1. The first-order chi connectivity index (χ1) is 7.22. The number of para-hydroxylation sites is 2. The van der Waals surface area contributed by atoms with E-state index < -0.39 is 12.6 Å². The highest BCUT2D eigenvalue weighted by molar-refractivity contribution is 5.89. The summed E-state index contributed by atoms with van der Waals surface area (Å²) in [6.45, 7) is -0.931. The third kappa shape index (κ3) is 1.63. The van der Waals surface area contributed by atoms with Gasteiger partial charge in [0.15, 0.2) is 5.69 Å². The lowest BCUT2D eigenvalue weighted by atomic mass is 10.2. The van der Waals surface area contributed by atoms with E-state index in [1.165, 1.54) is 0 Å². The van der Waals surface area contributed by atoms with Crippen LogP contribution in [0.1, 0.15) is 16.2 Å². The second-order valence-corrected chi connectivity index (χ2v) is 2.95. The van der Waals surface area contributed by atoms with E-state index in [0.717, 1.165) is 0 Å². The number of aromatic nitrogens is 2. The molecule has 0 aliphatic heterocycles. The van der Waals surface area contributed by atoms with E-state index in [9.17, 15) is 9.18 Å². The van der Waals surface area contributed by atoms with Gasteiger partial charge in [0.05, 0.1) is 11.0 Å². The summed E-state index contributed by atoms with van der Waals surface area (Å²) in [5.41, 5.74) is 0.486. The van der Waals surface area contributed by atoms with Crippen molar-refractivity contribution in [3.63, 3.8) is 0 Å². The zero-order chi connectivity index (χ0) is 10.8. The van der Waals surface area contributed by atoms with E-state index in [-0.39, 0.29) is 11.4 Å². The molecule has 0 atom stereocenters. The first-order valence-electron chi connectivity index (χ1n) is 4.27. The highest BCUT2D eigenvalue weighted by atomic mass is 19.1. The van der Waals surface area contributed by atoms with Crippen molar-refractivity contribution in [2.24, 2.45) is 0 Å². The van der Waals surface area contributed by atoms with Gasteiger partial charge in [0.25, 0.3) is 0 Å². The van der Waals surface area contributed by atoms with Gasteiger partial charge in [-0.25, -0.2) is 19.2 Å². The van der Waals surface area contributed by atoms with Crippen LogP contribution in [0.3, 0.4) is 0 Å². The Kier molecular flexibility index (Phi) is 2.29. The molecule has 1 aromatic heterocycles. The summed E-state index contributed by atoms with van der Waals surface area (Å²) in [6, 6.07) is 6.75. The molecule has 0 aliphatic rings. The highest BCUT2D eigenvalue weighted by Gasteiger charge is 2.14. The average molecular weight is 206 g/mol. The lowest BCUT2D eigenvalue weighted by Crippen LogP contribution is -2.07. The third-order valence-electron chi connectivity index (χ3n) is 1.97. The Hall–Kier alpha value is -2.04. The van der Waals surface area contributed by atoms with Crippen LogP contribution in [0.25, 0.3) is 11.0 Å². The molecule has 0 saturated carbocycles. The number of fused-ring (bicyclic) bond motifs is 1. The number of alkyl halides is 1. The van der Waals surface area contributed by atoms with E-state index in [4.69, 9.17) is 5.11 Å². The molecule has 0 bridgehead atoms. The van der Waals surface area contributed by atoms with Gasteiger partial charge in [-0.3, -0.25) is 0 Å². The number of carboxylic acid groups (broad SMARTS) is 1. The standard InChI is InChI=1S/C10H7FN2O2/c11-5-8-9(10(14)15)13-7-4-2-1-3-6(7)12-8/h1-4H,5H2,(H,14,15). The van der Waals surface area contributed by atoms with Crippen molar-refractivity contribution in [3.05, 3.63) is 35.7 Å². The summed E-state index contributed by atoms with van der Waals surface area (Å²) in [5.74, 6) is -1.26. The SMILES string of the molecule is O=C(O)c1nc2ccccc2nc1CF. The van der Waals surface area contributed by atoms with E-state index in [1.54, 1.807) is 24.3 Å². The summed E-state index contributed by atoms with van der Waals surface area (Å²) >= 11 is 0. The van der Waals surface area contributed by atoms with E-state index in [2.05, 4.69) is 9.97 Å². The number of hydrogen-bond donors (Lipinski definition) is 1. The lowest BCUT2D eigenvalue weighted by Gasteiger charge is -2.02. The fourth-order valence-electron chi connectivity index (χ4n) is 1.30. The van der Waals surface area contributed by atoms with E-state index in [1.807, 2.05) is 0 Å². The van der Waals surface area contributed by atoms with Crippen molar-refractivity contribution in [2.45, 2.75) is 6.67 Å². The van der Waals surface area contributed by atoms with Crippen LogP contribution < -0.4 is 0 Å². The van der Waals surface area contributed by atoms with Crippen LogP contribution in [0.5, 0.6) is 0 Å². The molecule has 0 aliphatic carbocycles. The molecule has 1 aromatic carbocycles. The molecule has 0 unspecified atom stereocenters. The predicted molar refractivity (Wildman–Crippen MR) is 51.3 cm³/mol. The molecule has 0 saturated heterocycles. The summed E-state index contributed by atoms with van der Waals surface area (Å²) in [4.78, 5) is 18.5. The second-order valence-electron chi connectivity index (χ2n) is 2.95. The molecule has 15 heavy (non-hydrogen) atoms. The molecule has 0 spiro atoms. The first kappa shape index (κ1) is 9.51. The average Bonchev–Trinajstić information content (AvgIpc) is 2.27. The molecule has 0 fully saturated rings. The highest BCUT2D eigenvalue weighted by Crippen LogP contribution is 2.13. The van der Waals surface area contributed by atoms with Crippen LogP contribution in [0.2, 0.25) is 0 Å². The van der Waals surface area contributed by atoms with Crippen LogP contribution in [0.15, 0.2) is 24.3 Å². The molecule has 2 rings (SSSR count). The third-order valence-corrected chi connectivity index (χ3v) is 1.97. The topological polar surface area (TPSA) is 63.1 Å². The van der Waals surface area contributed by atoms with Crippen molar-refractivity contribution >= 4 is 17.0 Å². The number of nitrogens with zero attached hydrogens (tertiary/aromatic N) is 2. The van der Waals surface area contributed by atoms with Crippen molar-refractivity contribution in [2.75, 3.05) is 0 Å². The molecule has 4 nitrogen and oxygen atoms in total. The summed E-state index contributed by atoms with van der Waals surface area (Å²) in [7, 11) is 0. The Morgan fingerprint density at radius 3 is 2.40 bits per heavy atom. The maximum absolute atomic E-state index is 12.5. The molecule has 1 heterocycles. The van der Waals surface area contributed by atoms with Gasteiger partial charge in [0.2, 0.25) is 0 Å². The fraction of sp³-hybridized carbons (Fsp3) is 0.100. The molecule has 5 heteroatoms. The molecular weight excluding hydrogens is 199 g/mol. The number of carboxylic acids is 1. The molecule has 1 N–H and O–H groups in total. The minimum atomic E-state index is -1.26. The predicted octanol–water partition coefficient (Wildman–Crippen LogP) is 1.80. The smallest absolute Gasteiger partial charge is 0.356 e. The number of carbonyl (C=O) groups is 1. The second kappa shape index (κ2) is 3.61.